The minimum absolute atomic E-state index is 0.622. The summed E-state index contributed by atoms with van der Waals surface area (Å²) in [6.07, 6.45) is 8.04. The Hall–Kier alpha value is -8.14. The fraction of sp³-hybridized carbons (Fsp3) is 0.0333. The van der Waals surface area contributed by atoms with Crippen LogP contribution in [0.3, 0.4) is 0 Å². The van der Waals surface area contributed by atoms with Gasteiger partial charge in [0.1, 0.15) is 22.7 Å². The van der Waals surface area contributed by atoms with E-state index in [4.69, 9.17) is 9.15 Å². The predicted octanol–water partition coefficient (Wildman–Crippen LogP) is 16.5. The van der Waals surface area contributed by atoms with E-state index < -0.39 is 5.41 Å². The maximum Gasteiger partial charge on any atom is 0.136 e. The number of nitrogens with zero attached hydrogens (tertiary/aromatic N) is 1. The highest BCUT2D eigenvalue weighted by molar-refractivity contribution is 6.07. The molecule has 1 spiro atoms. The molecule has 0 atom stereocenters. The Kier molecular flexibility index (Phi) is 8.45. The lowest BCUT2D eigenvalue weighted by Gasteiger charge is -2.39. The van der Waals surface area contributed by atoms with Crippen molar-refractivity contribution in [3.8, 4) is 33.8 Å². The molecule has 3 nitrogen and oxygen atoms in total. The molecule has 0 fully saturated rings. The highest BCUT2D eigenvalue weighted by Gasteiger charge is 2.51. The number of anilines is 3. The van der Waals surface area contributed by atoms with Gasteiger partial charge in [0.25, 0.3) is 0 Å². The van der Waals surface area contributed by atoms with Gasteiger partial charge in [0, 0.05) is 39.0 Å². The molecule has 298 valence electrons. The Morgan fingerprint density at radius 3 is 1.90 bits per heavy atom. The Labute approximate surface area is 366 Å². The van der Waals surface area contributed by atoms with E-state index in [9.17, 15) is 0 Å². The summed E-state index contributed by atoms with van der Waals surface area (Å²) in [6, 6.07) is 70.2. The summed E-state index contributed by atoms with van der Waals surface area (Å²) in [4.78, 5) is 2.39. The van der Waals surface area contributed by atoms with Gasteiger partial charge in [-0.3, -0.25) is 0 Å². The minimum Gasteiger partial charge on any atom is -0.457 e. The molecule has 63 heavy (non-hydrogen) atoms. The molecule has 0 amide bonds. The Morgan fingerprint density at radius 2 is 1.16 bits per heavy atom. The highest BCUT2D eigenvalue weighted by Crippen LogP contribution is 2.63. The third kappa shape index (κ3) is 5.60. The largest absolute Gasteiger partial charge is 0.457 e. The van der Waals surface area contributed by atoms with Crippen LogP contribution in [0.25, 0.3) is 60.5 Å². The molecule has 0 saturated carbocycles. The van der Waals surface area contributed by atoms with Crippen LogP contribution in [0.15, 0.2) is 229 Å². The molecule has 12 rings (SSSR count). The van der Waals surface area contributed by atoms with Crippen molar-refractivity contribution in [2.75, 3.05) is 4.90 Å². The van der Waals surface area contributed by atoms with E-state index in [0.717, 1.165) is 83.9 Å². The second-order valence-electron chi connectivity index (χ2n) is 16.4. The smallest absolute Gasteiger partial charge is 0.136 e. The van der Waals surface area contributed by atoms with E-state index in [1.807, 2.05) is 24.3 Å². The Morgan fingerprint density at radius 1 is 0.524 bits per heavy atom. The van der Waals surface area contributed by atoms with Crippen molar-refractivity contribution in [3.63, 3.8) is 0 Å². The van der Waals surface area contributed by atoms with Crippen molar-refractivity contribution < 1.29 is 9.15 Å². The predicted molar refractivity (Wildman–Crippen MR) is 262 cm³/mol. The Balaban J connectivity index is 1.06. The van der Waals surface area contributed by atoms with E-state index in [-0.39, 0.29) is 0 Å². The van der Waals surface area contributed by atoms with Gasteiger partial charge in [0.05, 0.1) is 5.41 Å². The van der Waals surface area contributed by atoms with Crippen molar-refractivity contribution in [1.82, 2.24) is 0 Å². The summed E-state index contributed by atoms with van der Waals surface area (Å²) in [5, 5.41) is 4.73. The van der Waals surface area contributed by atoms with E-state index >= 15 is 0 Å². The molecular weight excluding hydrogens is 767 g/mol. The standard InChI is InChI=1S/C60H41NO2/c1-3-5-14-39(4-2)40-23-29-44(30-24-40)61(45-31-25-41(26-32-45)43-27-34-49-48-17-8-11-20-55(48)62-58(49)37-43)46-33-35-50-54(38-46)60(53-36-28-42-15-6-7-16-47(42)59(50)53)51-18-9-12-21-56(51)63-57-22-13-10-19-52(57)60/h3-38H,1H2,2H3/b14-5-,39-4+. The molecule has 0 unspecified atom stereocenters. The molecule has 2 heterocycles. The summed E-state index contributed by atoms with van der Waals surface area (Å²) in [6.45, 7) is 5.96. The van der Waals surface area contributed by atoms with Crippen molar-refractivity contribution >= 4 is 55.3 Å². The molecule has 0 radical (unpaired) electrons. The summed E-state index contributed by atoms with van der Waals surface area (Å²) >= 11 is 0. The van der Waals surface area contributed by atoms with Gasteiger partial charge in [0.2, 0.25) is 0 Å². The van der Waals surface area contributed by atoms with Crippen LogP contribution in [-0.2, 0) is 5.41 Å². The van der Waals surface area contributed by atoms with Gasteiger partial charge in [-0.1, -0.05) is 158 Å². The number of allylic oxidation sites excluding steroid dienone is 5. The van der Waals surface area contributed by atoms with E-state index in [1.54, 1.807) is 0 Å². The number of ether oxygens (including phenoxy) is 1. The van der Waals surface area contributed by atoms with Crippen LogP contribution in [0, 0.1) is 0 Å². The fourth-order valence-corrected chi connectivity index (χ4v) is 10.3. The van der Waals surface area contributed by atoms with E-state index in [1.165, 1.54) is 33.0 Å². The molecule has 3 heteroatoms. The zero-order valence-corrected chi connectivity index (χ0v) is 34.8. The molecule has 0 N–H and O–H groups in total. The first-order valence-corrected chi connectivity index (χ1v) is 21.6. The molecule has 9 aromatic carbocycles. The molecular formula is C60H41NO2. The molecule has 10 aromatic rings. The van der Waals surface area contributed by atoms with Crippen LogP contribution < -0.4 is 9.64 Å². The molecule has 2 aliphatic rings. The zero-order valence-electron chi connectivity index (χ0n) is 34.8. The number of hydrogen-bond donors (Lipinski definition) is 0. The molecule has 1 aromatic heterocycles. The van der Waals surface area contributed by atoms with Gasteiger partial charge in [-0.15, -0.1) is 0 Å². The first-order valence-electron chi connectivity index (χ1n) is 21.6. The minimum atomic E-state index is -0.622. The maximum atomic E-state index is 6.72. The summed E-state index contributed by atoms with van der Waals surface area (Å²) in [5.74, 6) is 1.76. The van der Waals surface area contributed by atoms with Crippen molar-refractivity contribution in [2.24, 2.45) is 0 Å². The second kappa shape index (κ2) is 14.5. The lowest BCUT2D eigenvalue weighted by molar-refractivity contribution is 0.436. The molecule has 1 aliphatic carbocycles. The van der Waals surface area contributed by atoms with Crippen LogP contribution in [0.5, 0.6) is 11.5 Å². The number of rotatable bonds is 7. The summed E-state index contributed by atoms with van der Waals surface area (Å²) in [5.41, 5.74) is 16.1. The first-order chi connectivity index (χ1) is 31.1. The normalized spacial score (nSPS) is 13.5. The SMILES string of the molecule is C=C/C=C\C(=C/C)c1ccc(N(c2ccc(-c3ccc4c(c3)oc3ccccc34)cc2)c2ccc3c(c2)C2(c4ccccc4Oc4ccccc42)c2ccc4ccccc4c2-3)cc1. The molecule has 1 aliphatic heterocycles. The lowest BCUT2D eigenvalue weighted by Crippen LogP contribution is -2.32. The van der Waals surface area contributed by atoms with E-state index in [0.29, 0.717) is 0 Å². The van der Waals surface area contributed by atoms with Crippen molar-refractivity contribution in [3.05, 3.63) is 253 Å². The van der Waals surface area contributed by atoms with Crippen LogP contribution in [0.4, 0.5) is 17.1 Å². The van der Waals surface area contributed by atoms with Gasteiger partial charge < -0.3 is 14.1 Å². The van der Waals surface area contributed by atoms with Gasteiger partial charge >= 0.3 is 0 Å². The lowest BCUT2D eigenvalue weighted by atomic mass is 9.66. The third-order valence-corrected chi connectivity index (χ3v) is 13.1. The Bertz CT molecular complexity index is 3470. The third-order valence-electron chi connectivity index (χ3n) is 13.1. The fourth-order valence-electron chi connectivity index (χ4n) is 10.3. The number of fused-ring (bicyclic) bond motifs is 14. The van der Waals surface area contributed by atoms with Gasteiger partial charge in [0.15, 0.2) is 0 Å². The van der Waals surface area contributed by atoms with Gasteiger partial charge in [-0.25, -0.2) is 0 Å². The average molecular weight is 808 g/mol. The van der Waals surface area contributed by atoms with Crippen LogP contribution in [0.1, 0.15) is 34.7 Å². The van der Waals surface area contributed by atoms with Crippen LogP contribution in [-0.4, -0.2) is 0 Å². The zero-order chi connectivity index (χ0) is 42.1. The van der Waals surface area contributed by atoms with Crippen molar-refractivity contribution in [2.45, 2.75) is 12.3 Å². The molecule has 0 bridgehead atoms. The maximum absolute atomic E-state index is 6.72. The summed E-state index contributed by atoms with van der Waals surface area (Å²) < 4.78 is 13.0. The van der Waals surface area contributed by atoms with Crippen LogP contribution in [0.2, 0.25) is 0 Å². The highest BCUT2D eigenvalue weighted by atomic mass is 16.5. The van der Waals surface area contributed by atoms with Gasteiger partial charge in [-0.05, 0) is 129 Å². The topological polar surface area (TPSA) is 25.6 Å². The summed E-state index contributed by atoms with van der Waals surface area (Å²) in [7, 11) is 0. The van der Waals surface area contributed by atoms with E-state index in [2.05, 4.69) is 213 Å². The number of hydrogen-bond acceptors (Lipinski definition) is 3. The number of benzene rings is 9. The average Bonchev–Trinajstić information content (AvgIpc) is 3.86. The quantitative estimate of drug-likeness (QED) is 0.150. The van der Waals surface area contributed by atoms with Gasteiger partial charge in [-0.2, -0.15) is 0 Å². The van der Waals surface area contributed by atoms with Crippen LogP contribution >= 0.6 is 0 Å². The first kappa shape index (κ1) is 36.7. The number of para-hydroxylation sites is 3. The second-order valence-corrected chi connectivity index (χ2v) is 16.4. The van der Waals surface area contributed by atoms with Crippen molar-refractivity contribution in [1.29, 1.82) is 0 Å². The number of furan rings is 1. The molecule has 0 saturated heterocycles. The monoisotopic (exact) mass is 807 g/mol.